The summed E-state index contributed by atoms with van der Waals surface area (Å²) in [6.45, 7) is 6.42. The molecule has 1 aliphatic rings. The number of hydrogen-bond acceptors (Lipinski definition) is 5. The predicted molar refractivity (Wildman–Crippen MR) is 119 cm³/mol. The van der Waals surface area contributed by atoms with E-state index in [0.717, 1.165) is 17.0 Å². The highest BCUT2D eigenvalue weighted by Crippen LogP contribution is 2.40. The zero-order valence-electron chi connectivity index (χ0n) is 17.8. The number of aryl methyl sites for hydroxylation is 1. The summed E-state index contributed by atoms with van der Waals surface area (Å²) in [5.41, 5.74) is 10.1. The summed E-state index contributed by atoms with van der Waals surface area (Å²) in [6.07, 6.45) is 1.70. The third-order valence-corrected chi connectivity index (χ3v) is 5.67. The molecule has 1 unspecified atom stereocenters. The molecule has 1 aliphatic heterocycles. The van der Waals surface area contributed by atoms with E-state index in [9.17, 15) is 10.1 Å². The molecule has 3 aromatic rings. The molecule has 4 rings (SSSR count). The van der Waals surface area contributed by atoms with Gasteiger partial charge in [0.05, 0.1) is 23.7 Å². The van der Waals surface area contributed by atoms with Gasteiger partial charge in [-0.2, -0.15) is 5.26 Å². The standard InChI is InChI=1S/C25H24N4O2/c1-15(2)17-7-9-18(10-8-17)22-20(13-26)24(27)31-21-12-16(3)29(25(30)23(21)22)14-19-6-4-5-11-28-19/h4-12,15,22H,14,27H2,1-3H3. The van der Waals surface area contributed by atoms with Crippen LogP contribution in [0.4, 0.5) is 0 Å². The minimum Gasteiger partial charge on any atom is -0.440 e. The highest BCUT2D eigenvalue weighted by atomic mass is 16.5. The topological polar surface area (TPSA) is 93.9 Å². The lowest BCUT2D eigenvalue weighted by Gasteiger charge is -2.27. The minimum absolute atomic E-state index is 0.0363. The molecule has 3 heterocycles. The summed E-state index contributed by atoms with van der Waals surface area (Å²) in [4.78, 5) is 18.0. The van der Waals surface area contributed by atoms with E-state index in [1.807, 2.05) is 49.4 Å². The highest BCUT2D eigenvalue weighted by molar-refractivity contribution is 5.55. The first-order chi connectivity index (χ1) is 14.9. The number of nitrogens with two attached hydrogens (primary N) is 1. The fourth-order valence-electron chi connectivity index (χ4n) is 3.94. The van der Waals surface area contributed by atoms with E-state index in [4.69, 9.17) is 10.5 Å². The fraction of sp³-hybridized carbons (Fsp3) is 0.240. The van der Waals surface area contributed by atoms with Gasteiger partial charge in [-0.3, -0.25) is 9.78 Å². The number of aromatic nitrogens is 2. The minimum atomic E-state index is -0.585. The van der Waals surface area contributed by atoms with E-state index >= 15 is 0 Å². The molecule has 0 saturated heterocycles. The molecule has 1 atom stereocenters. The molecule has 6 heteroatoms. The highest BCUT2D eigenvalue weighted by Gasteiger charge is 2.34. The van der Waals surface area contributed by atoms with Crippen molar-refractivity contribution in [1.82, 2.24) is 9.55 Å². The number of rotatable bonds is 4. The normalized spacial score (nSPS) is 15.4. The summed E-state index contributed by atoms with van der Waals surface area (Å²) in [5.74, 6) is 0.229. The molecule has 6 nitrogen and oxygen atoms in total. The maximum atomic E-state index is 13.6. The van der Waals surface area contributed by atoms with Crippen LogP contribution in [0.5, 0.6) is 5.75 Å². The largest absolute Gasteiger partial charge is 0.440 e. The predicted octanol–water partition coefficient (Wildman–Crippen LogP) is 3.94. The molecule has 156 valence electrons. The Bertz CT molecular complexity index is 1250. The summed E-state index contributed by atoms with van der Waals surface area (Å²) in [6, 6.07) is 17.5. The van der Waals surface area contributed by atoms with Crippen molar-refractivity contribution < 1.29 is 4.74 Å². The van der Waals surface area contributed by atoms with Crippen LogP contribution in [0.25, 0.3) is 0 Å². The van der Waals surface area contributed by atoms with Gasteiger partial charge in [0.15, 0.2) is 0 Å². The van der Waals surface area contributed by atoms with Crippen molar-refractivity contribution in [3.63, 3.8) is 0 Å². The average molecular weight is 412 g/mol. The molecule has 31 heavy (non-hydrogen) atoms. The van der Waals surface area contributed by atoms with Gasteiger partial charge in [-0.25, -0.2) is 0 Å². The Balaban J connectivity index is 1.89. The van der Waals surface area contributed by atoms with Crippen LogP contribution in [0.1, 0.15) is 53.8 Å². The number of nitrogens with zero attached hydrogens (tertiary/aromatic N) is 3. The van der Waals surface area contributed by atoms with E-state index in [1.165, 1.54) is 5.56 Å². The Morgan fingerprint density at radius 1 is 1.23 bits per heavy atom. The van der Waals surface area contributed by atoms with Crippen LogP contribution in [0.15, 0.2) is 71.0 Å². The van der Waals surface area contributed by atoms with E-state index in [1.54, 1.807) is 16.8 Å². The number of allylic oxidation sites excluding steroid dienone is 1. The zero-order valence-corrected chi connectivity index (χ0v) is 17.8. The molecule has 0 radical (unpaired) electrons. The molecule has 0 saturated carbocycles. The van der Waals surface area contributed by atoms with E-state index in [-0.39, 0.29) is 17.0 Å². The van der Waals surface area contributed by atoms with Gasteiger partial charge in [0.1, 0.15) is 17.4 Å². The van der Waals surface area contributed by atoms with Crippen LogP contribution >= 0.6 is 0 Å². The molecule has 0 fully saturated rings. The van der Waals surface area contributed by atoms with Gasteiger partial charge < -0.3 is 15.0 Å². The Morgan fingerprint density at radius 3 is 2.58 bits per heavy atom. The summed E-state index contributed by atoms with van der Waals surface area (Å²) in [5, 5.41) is 9.82. The lowest BCUT2D eigenvalue weighted by molar-refractivity contribution is 0.389. The monoisotopic (exact) mass is 412 g/mol. The summed E-state index contributed by atoms with van der Waals surface area (Å²) in [7, 11) is 0. The molecular weight excluding hydrogens is 388 g/mol. The van der Waals surface area contributed by atoms with Gasteiger partial charge in [-0.15, -0.1) is 0 Å². The third kappa shape index (κ3) is 3.71. The first-order valence-corrected chi connectivity index (χ1v) is 10.2. The van der Waals surface area contributed by atoms with Gasteiger partial charge in [0.2, 0.25) is 5.88 Å². The zero-order chi connectivity index (χ0) is 22.1. The number of pyridine rings is 2. The van der Waals surface area contributed by atoms with Gasteiger partial charge >= 0.3 is 0 Å². The molecule has 2 N–H and O–H groups in total. The molecule has 0 bridgehead atoms. The molecular formula is C25H24N4O2. The number of benzene rings is 1. The Morgan fingerprint density at radius 2 is 1.97 bits per heavy atom. The maximum absolute atomic E-state index is 13.6. The van der Waals surface area contributed by atoms with Crippen molar-refractivity contribution in [3.8, 4) is 11.8 Å². The Labute approximate surface area is 181 Å². The molecule has 0 amide bonds. The quantitative estimate of drug-likeness (QED) is 0.700. The van der Waals surface area contributed by atoms with Crippen LogP contribution in [0, 0.1) is 18.3 Å². The van der Waals surface area contributed by atoms with Crippen molar-refractivity contribution in [2.24, 2.45) is 5.73 Å². The van der Waals surface area contributed by atoms with E-state index in [2.05, 4.69) is 24.9 Å². The lowest BCUT2D eigenvalue weighted by Crippen LogP contribution is -2.33. The Hall–Kier alpha value is -3.85. The van der Waals surface area contributed by atoms with Crippen molar-refractivity contribution >= 4 is 0 Å². The van der Waals surface area contributed by atoms with Crippen LogP contribution in [0.3, 0.4) is 0 Å². The van der Waals surface area contributed by atoms with Crippen LogP contribution in [0.2, 0.25) is 0 Å². The van der Waals surface area contributed by atoms with Gasteiger partial charge in [0.25, 0.3) is 5.56 Å². The van der Waals surface area contributed by atoms with Crippen LogP contribution < -0.4 is 16.0 Å². The van der Waals surface area contributed by atoms with E-state index < -0.39 is 5.92 Å². The van der Waals surface area contributed by atoms with Crippen molar-refractivity contribution in [1.29, 1.82) is 5.26 Å². The average Bonchev–Trinajstić information content (AvgIpc) is 2.76. The second-order valence-electron chi connectivity index (χ2n) is 8.02. The SMILES string of the molecule is Cc1cc2c(c(=O)n1Cc1ccccn1)C(c1ccc(C(C)C)cc1)C(C#N)=C(N)O2. The first kappa shape index (κ1) is 20.4. The second-order valence-corrected chi connectivity index (χ2v) is 8.02. The molecule has 1 aromatic carbocycles. The molecule has 2 aromatic heterocycles. The maximum Gasteiger partial charge on any atom is 0.259 e. The van der Waals surface area contributed by atoms with Gasteiger partial charge in [0, 0.05) is 18.0 Å². The Kier molecular flexibility index (Phi) is 5.35. The summed E-state index contributed by atoms with van der Waals surface area (Å²) >= 11 is 0. The molecule has 0 aliphatic carbocycles. The number of ether oxygens (including phenoxy) is 1. The van der Waals surface area contributed by atoms with Crippen LogP contribution in [-0.4, -0.2) is 9.55 Å². The lowest BCUT2D eigenvalue weighted by atomic mass is 9.83. The van der Waals surface area contributed by atoms with Crippen LogP contribution in [-0.2, 0) is 6.54 Å². The summed E-state index contributed by atoms with van der Waals surface area (Å²) < 4.78 is 7.39. The number of hydrogen-bond donors (Lipinski definition) is 1. The third-order valence-electron chi connectivity index (χ3n) is 5.67. The smallest absolute Gasteiger partial charge is 0.259 e. The van der Waals surface area contributed by atoms with Crippen molar-refractivity contribution in [2.75, 3.05) is 0 Å². The van der Waals surface area contributed by atoms with Gasteiger partial charge in [-0.05, 0) is 36.1 Å². The second kappa shape index (κ2) is 8.11. The number of nitriles is 1. The number of fused-ring (bicyclic) bond motifs is 1. The first-order valence-electron chi connectivity index (χ1n) is 10.2. The van der Waals surface area contributed by atoms with Gasteiger partial charge in [-0.1, -0.05) is 44.2 Å². The fourth-order valence-corrected chi connectivity index (χ4v) is 3.94. The van der Waals surface area contributed by atoms with Crippen molar-refractivity contribution in [3.05, 3.63) is 105 Å². The molecule has 0 spiro atoms. The van der Waals surface area contributed by atoms with Crippen molar-refractivity contribution in [2.45, 2.75) is 39.2 Å². The van der Waals surface area contributed by atoms with E-state index in [0.29, 0.717) is 23.8 Å².